The Hall–Kier alpha value is -1.38. The SMILES string of the molecule is COS(=O)(=O)c1ccc(C)cc1C1(C#N)CC1. The highest BCUT2D eigenvalue weighted by Gasteiger charge is 2.47. The van der Waals surface area contributed by atoms with Crippen molar-refractivity contribution in [3.8, 4) is 6.07 Å². The Kier molecular flexibility index (Phi) is 2.72. The Morgan fingerprint density at radius 3 is 2.53 bits per heavy atom. The van der Waals surface area contributed by atoms with Crippen LogP contribution in [-0.4, -0.2) is 15.5 Å². The fourth-order valence-corrected chi connectivity index (χ4v) is 2.83. The predicted molar refractivity (Wildman–Crippen MR) is 61.9 cm³/mol. The van der Waals surface area contributed by atoms with Gasteiger partial charge in [-0.15, -0.1) is 0 Å². The van der Waals surface area contributed by atoms with Crippen molar-refractivity contribution in [1.29, 1.82) is 5.26 Å². The van der Waals surface area contributed by atoms with Crippen LogP contribution in [0.3, 0.4) is 0 Å². The molecule has 0 unspecified atom stereocenters. The molecule has 0 bridgehead atoms. The molecule has 90 valence electrons. The van der Waals surface area contributed by atoms with Crippen molar-refractivity contribution >= 4 is 10.1 Å². The average Bonchev–Trinajstić information content (AvgIpc) is 3.09. The van der Waals surface area contributed by atoms with Gasteiger partial charge in [-0.1, -0.05) is 17.7 Å². The Bertz CT molecular complexity index is 595. The lowest BCUT2D eigenvalue weighted by atomic mass is 9.96. The number of nitrogens with zero attached hydrogens (tertiary/aromatic N) is 1. The molecule has 1 fully saturated rings. The molecule has 1 saturated carbocycles. The van der Waals surface area contributed by atoms with E-state index in [1.807, 2.05) is 6.92 Å². The molecule has 0 amide bonds. The molecule has 4 nitrogen and oxygen atoms in total. The van der Waals surface area contributed by atoms with Crippen molar-refractivity contribution in [2.24, 2.45) is 0 Å². The zero-order chi connectivity index (χ0) is 12.7. The summed E-state index contributed by atoms with van der Waals surface area (Å²) in [6.07, 6.45) is 1.42. The third kappa shape index (κ3) is 1.94. The van der Waals surface area contributed by atoms with E-state index in [0.717, 1.165) is 12.7 Å². The third-order valence-electron chi connectivity index (χ3n) is 3.10. The number of hydrogen-bond donors (Lipinski definition) is 0. The summed E-state index contributed by atoms with van der Waals surface area (Å²) in [4.78, 5) is 0.115. The highest BCUT2D eigenvalue weighted by Crippen LogP contribution is 2.49. The van der Waals surface area contributed by atoms with Gasteiger partial charge in [-0.2, -0.15) is 13.7 Å². The summed E-state index contributed by atoms with van der Waals surface area (Å²) >= 11 is 0. The number of nitriles is 1. The largest absolute Gasteiger partial charge is 0.297 e. The average molecular weight is 251 g/mol. The van der Waals surface area contributed by atoms with Gasteiger partial charge in [-0.25, -0.2) is 0 Å². The molecule has 0 radical (unpaired) electrons. The fraction of sp³-hybridized carbons (Fsp3) is 0.417. The number of aryl methyl sites for hydroxylation is 1. The van der Waals surface area contributed by atoms with Crippen LogP contribution in [0.5, 0.6) is 0 Å². The van der Waals surface area contributed by atoms with E-state index in [1.54, 1.807) is 12.1 Å². The predicted octanol–water partition coefficient (Wildman–Crippen LogP) is 1.89. The topological polar surface area (TPSA) is 67.2 Å². The molecule has 1 aromatic carbocycles. The maximum Gasteiger partial charge on any atom is 0.297 e. The van der Waals surface area contributed by atoms with E-state index in [2.05, 4.69) is 10.3 Å². The molecule has 5 heteroatoms. The summed E-state index contributed by atoms with van der Waals surface area (Å²) < 4.78 is 28.1. The maximum atomic E-state index is 11.8. The Morgan fingerprint density at radius 1 is 1.41 bits per heavy atom. The summed E-state index contributed by atoms with van der Waals surface area (Å²) in [5.41, 5.74) is 0.880. The third-order valence-corrected chi connectivity index (χ3v) is 4.44. The lowest BCUT2D eigenvalue weighted by Gasteiger charge is -2.13. The van der Waals surface area contributed by atoms with Crippen LogP contribution in [0.1, 0.15) is 24.0 Å². The van der Waals surface area contributed by atoms with E-state index < -0.39 is 15.5 Å². The molecule has 0 saturated heterocycles. The summed E-state index contributed by atoms with van der Waals surface area (Å²) in [6, 6.07) is 7.20. The van der Waals surface area contributed by atoms with Crippen molar-refractivity contribution in [3.63, 3.8) is 0 Å². The molecular weight excluding hydrogens is 238 g/mol. The zero-order valence-corrected chi connectivity index (χ0v) is 10.5. The van der Waals surface area contributed by atoms with Crippen molar-refractivity contribution in [1.82, 2.24) is 0 Å². The smallest absolute Gasteiger partial charge is 0.270 e. The summed E-state index contributed by atoms with van der Waals surface area (Å²) in [7, 11) is -2.62. The zero-order valence-electron chi connectivity index (χ0n) is 9.73. The highest BCUT2D eigenvalue weighted by atomic mass is 32.2. The lowest BCUT2D eigenvalue weighted by Crippen LogP contribution is -2.13. The first-order valence-electron chi connectivity index (χ1n) is 5.28. The quantitative estimate of drug-likeness (QED) is 0.769. The first-order valence-corrected chi connectivity index (χ1v) is 6.69. The van der Waals surface area contributed by atoms with Crippen LogP contribution in [0.25, 0.3) is 0 Å². The Labute approximate surface area is 101 Å². The standard InChI is InChI=1S/C12H13NO3S/c1-9-3-4-11(17(14,15)16-2)10(7-9)12(8-13)5-6-12/h3-4,7H,5-6H2,1-2H3. The molecule has 0 aliphatic heterocycles. The van der Waals surface area contributed by atoms with Crippen molar-refractivity contribution in [2.75, 3.05) is 7.11 Å². The molecule has 0 heterocycles. The van der Waals surface area contributed by atoms with Gasteiger partial charge in [0.2, 0.25) is 0 Å². The van der Waals surface area contributed by atoms with Gasteiger partial charge in [0.15, 0.2) is 0 Å². The number of rotatable bonds is 3. The van der Waals surface area contributed by atoms with Crippen LogP contribution in [-0.2, 0) is 19.7 Å². The van der Waals surface area contributed by atoms with E-state index >= 15 is 0 Å². The maximum absolute atomic E-state index is 11.8. The minimum atomic E-state index is -3.75. The van der Waals surface area contributed by atoms with Gasteiger partial charge < -0.3 is 0 Å². The van der Waals surface area contributed by atoms with Crippen LogP contribution >= 0.6 is 0 Å². The molecule has 1 aliphatic carbocycles. The molecule has 17 heavy (non-hydrogen) atoms. The lowest BCUT2D eigenvalue weighted by molar-refractivity contribution is 0.396. The van der Waals surface area contributed by atoms with Crippen LogP contribution < -0.4 is 0 Å². The minimum Gasteiger partial charge on any atom is -0.270 e. The van der Waals surface area contributed by atoms with E-state index in [0.29, 0.717) is 18.4 Å². The van der Waals surface area contributed by atoms with Gasteiger partial charge in [0.25, 0.3) is 10.1 Å². The van der Waals surface area contributed by atoms with Crippen LogP contribution in [0.4, 0.5) is 0 Å². The van der Waals surface area contributed by atoms with Gasteiger partial charge in [0, 0.05) is 0 Å². The summed E-state index contributed by atoms with van der Waals surface area (Å²) in [5.74, 6) is 0. The van der Waals surface area contributed by atoms with Crippen molar-refractivity contribution in [3.05, 3.63) is 29.3 Å². The Balaban J connectivity index is 2.67. The second-order valence-electron chi connectivity index (χ2n) is 4.31. The van der Waals surface area contributed by atoms with E-state index in [4.69, 9.17) is 0 Å². The van der Waals surface area contributed by atoms with E-state index in [1.165, 1.54) is 6.07 Å². The second kappa shape index (κ2) is 3.83. The normalized spacial score (nSPS) is 17.5. The van der Waals surface area contributed by atoms with Crippen LogP contribution in [0, 0.1) is 18.3 Å². The summed E-state index contributed by atoms with van der Waals surface area (Å²) in [6.45, 7) is 1.88. The molecule has 0 N–H and O–H groups in total. The first kappa shape index (κ1) is 12.1. The van der Waals surface area contributed by atoms with Gasteiger partial charge in [-0.05, 0) is 31.4 Å². The molecule has 1 aromatic rings. The van der Waals surface area contributed by atoms with Crippen LogP contribution in [0.2, 0.25) is 0 Å². The fourth-order valence-electron chi connectivity index (χ4n) is 1.89. The first-order chi connectivity index (χ1) is 7.95. The van der Waals surface area contributed by atoms with E-state index in [9.17, 15) is 13.7 Å². The molecule has 1 aliphatic rings. The number of hydrogen-bond acceptors (Lipinski definition) is 4. The molecule has 0 aromatic heterocycles. The van der Waals surface area contributed by atoms with Crippen LogP contribution in [0.15, 0.2) is 23.1 Å². The van der Waals surface area contributed by atoms with E-state index in [-0.39, 0.29) is 4.90 Å². The van der Waals surface area contributed by atoms with Gasteiger partial charge in [0.1, 0.15) is 0 Å². The molecule has 0 atom stereocenters. The molecular formula is C12H13NO3S. The molecule has 0 spiro atoms. The Morgan fingerprint density at radius 2 is 2.06 bits per heavy atom. The minimum absolute atomic E-state index is 0.115. The van der Waals surface area contributed by atoms with Crippen molar-refractivity contribution < 1.29 is 12.6 Å². The van der Waals surface area contributed by atoms with Crippen molar-refractivity contribution in [2.45, 2.75) is 30.1 Å². The summed E-state index contributed by atoms with van der Waals surface area (Å²) in [5, 5.41) is 9.18. The van der Waals surface area contributed by atoms with Gasteiger partial charge >= 0.3 is 0 Å². The monoisotopic (exact) mass is 251 g/mol. The molecule has 2 rings (SSSR count). The van der Waals surface area contributed by atoms with Gasteiger partial charge in [0.05, 0.1) is 23.5 Å². The highest BCUT2D eigenvalue weighted by molar-refractivity contribution is 7.86. The number of benzene rings is 1. The second-order valence-corrected chi connectivity index (χ2v) is 6.00. The van der Waals surface area contributed by atoms with Gasteiger partial charge in [-0.3, -0.25) is 4.18 Å².